The number of aliphatic carboxylic acids is 1. The number of carboxylic acids is 1. The van der Waals surface area contributed by atoms with Gasteiger partial charge in [-0.15, -0.1) is 0 Å². The van der Waals surface area contributed by atoms with Gasteiger partial charge in [0.05, 0.1) is 18.2 Å². The number of furan rings is 1. The molecule has 0 spiro atoms. The number of aryl methyl sites for hydroxylation is 1. The van der Waals surface area contributed by atoms with E-state index in [2.05, 4.69) is 4.90 Å². The molecule has 0 saturated carbocycles. The molecule has 1 atom stereocenters. The molecule has 88 valence electrons. The number of hydrogen-bond donors (Lipinski definition) is 1. The van der Waals surface area contributed by atoms with Gasteiger partial charge in [0.15, 0.2) is 0 Å². The first-order valence-electron chi connectivity index (χ1n) is 5.50. The summed E-state index contributed by atoms with van der Waals surface area (Å²) in [4.78, 5) is 13.2. The molecule has 1 aromatic rings. The van der Waals surface area contributed by atoms with Crippen molar-refractivity contribution in [2.75, 3.05) is 13.1 Å². The Morgan fingerprint density at radius 3 is 2.94 bits per heavy atom. The zero-order chi connectivity index (χ0) is 11.8. The molecule has 0 radical (unpaired) electrons. The van der Waals surface area contributed by atoms with Crippen molar-refractivity contribution in [2.24, 2.45) is 5.41 Å². The van der Waals surface area contributed by atoms with Crippen molar-refractivity contribution in [3.05, 3.63) is 23.7 Å². The Morgan fingerprint density at radius 2 is 2.44 bits per heavy atom. The zero-order valence-electron chi connectivity index (χ0n) is 9.69. The highest BCUT2D eigenvalue weighted by molar-refractivity contribution is 5.74. The van der Waals surface area contributed by atoms with Crippen molar-refractivity contribution in [3.63, 3.8) is 0 Å². The molecule has 0 bridgehead atoms. The molecule has 0 aromatic carbocycles. The first-order chi connectivity index (χ1) is 7.51. The fraction of sp³-hybridized carbons (Fsp3) is 0.583. The average Bonchev–Trinajstić information content (AvgIpc) is 2.77. The molecule has 1 fully saturated rings. The van der Waals surface area contributed by atoms with E-state index in [-0.39, 0.29) is 0 Å². The van der Waals surface area contributed by atoms with Crippen molar-refractivity contribution < 1.29 is 14.3 Å². The van der Waals surface area contributed by atoms with Crippen LogP contribution in [0.15, 0.2) is 16.7 Å². The number of hydrogen-bond acceptors (Lipinski definition) is 3. The molecule has 0 amide bonds. The summed E-state index contributed by atoms with van der Waals surface area (Å²) < 4.78 is 5.37. The summed E-state index contributed by atoms with van der Waals surface area (Å²) in [5.41, 5.74) is 0.532. The van der Waals surface area contributed by atoms with Gasteiger partial charge in [-0.05, 0) is 38.4 Å². The minimum absolute atomic E-state index is 0.597. The second kappa shape index (κ2) is 3.94. The van der Waals surface area contributed by atoms with Crippen LogP contribution in [0.5, 0.6) is 0 Å². The Morgan fingerprint density at radius 1 is 1.69 bits per heavy atom. The zero-order valence-corrected chi connectivity index (χ0v) is 9.69. The number of carboxylic acid groups (broad SMARTS) is 1. The second-order valence-electron chi connectivity index (χ2n) is 4.85. The Balaban J connectivity index is 2.00. The summed E-state index contributed by atoms with van der Waals surface area (Å²) in [7, 11) is 0. The van der Waals surface area contributed by atoms with Crippen LogP contribution in [0.25, 0.3) is 0 Å². The third-order valence-corrected chi connectivity index (χ3v) is 3.40. The van der Waals surface area contributed by atoms with Crippen LogP contribution < -0.4 is 0 Å². The lowest BCUT2D eigenvalue weighted by Gasteiger charge is -2.19. The summed E-state index contributed by atoms with van der Waals surface area (Å²) in [6, 6.07) is 1.93. The van der Waals surface area contributed by atoms with Gasteiger partial charge in [-0.3, -0.25) is 9.69 Å². The highest BCUT2D eigenvalue weighted by Crippen LogP contribution is 2.31. The van der Waals surface area contributed by atoms with Gasteiger partial charge < -0.3 is 9.52 Å². The topological polar surface area (TPSA) is 53.7 Å². The van der Waals surface area contributed by atoms with E-state index < -0.39 is 11.4 Å². The predicted octanol–water partition coefficient (Wildman–Crippen LogP) is 1.88. The Labute approximate surface area is 94.9 Å². The fourth-order valence-electron chi connectivity index (χ4n) is 2.14. The maximum Gasteiger partial charge on any atom is 0.310 e. The SMILES string of the molecule is Cc1ccoc1CN1CCC(C)(C(=O)O)C1. The van der Waals surface area contributed by atoms with Gasteiger partial charge in [0.25, 0.3) is 0 Å². The predicted molar refractivity (Wildman–Crippen MR) is 59.1 cm³/mol. The largest absolute Gasteiger partial charge is 0.481 e. The number of likely N-dealkylation sites (tertiary alicyclic amines) is 1. The van der Waals surface area contributed by atoms with Gasteiger partial charge in [0.1, 0.15) is 5.76 Å². The summed E-state index contributed by atoms with van der Waals surface area (Å²) in [5, 5.41) is 9.12. The molecular weight excluding hydrogens is 206 g/mol. The number of nitrogens with zero attached hydrogens (tertiary/aromatic N) is 1. The smallest absolute Gasteiger partial charge is 0.310 e. The Bertz CT molecular complexity index is 399. The third kappa shape index (κ3) is 1.97. The van der Waals surface area contributed by atoms with Crippen molar-refractivity contribution in [3.8, 4) is 0 Å². The first kappa shape index (κ1) is 11.2. The quantitative estimate of drug-likeness (QED) is 0.850. The van der Waals surface area contributed by atoms with E-state index >= 15 is 0 Å². The highest BCUT2D eigenvalue weighted by atomic mass is 16.4. The molecule has 2 rings (SSSR count). The van der Waals surface area contributed by atoms with Crippen molar-refractivity contribution in [1.29, 1.82) is 0 Å². The standard InChI is InChI=1S/C12H17NO3/c1-9-3-6-16-10(9)7-13-5-4-12(2,8-13)11(14)15/h3,6H,4-5,7-8H2,1-2H3,(H,14,15). The molecule has 4 nitrogen and oxygen atoms in total. The normalized spacial score (nSPS) is 26.1. The van der Waals surface area contributed by atoms with Crippen LogP contribution in [0.3, 0.4) is 0 Å². The molecule has 4 heteroatoms. The molecule has 1 N–H and O–H groups in total. The van der Waals surface area contributed by atoms with Gasteiger partial charge in [-0.1, -0.05) is 0 Å². The molecular formula is C12H17NO3. The molecule has 1 saturated heterocycles. The van der Waals surface area contributed by atoms with Gasteiger partial charge in [0.2, 0.25) is 0 Å². The molecule has 0 aliphatic carbocycles. The van der Waals surface area contributed by atoms with Crippen LogP contribution >= 0.6 is 0 Å². The van der Waals surface area contributed by atoms with E-state index in [9.17, 15) is 4.79 Å². The summed E-state index contributed by atoms with van der Waals surface area (Å²) >= 11 is 0. The second-order valence-corrected chi connectivity index (χ2v) is 4.85. The van der Waals surface area contributed by atoms with Crippen LogP contribution in [-0.2, 0) is 11.3 Å². The average molecular weight is 223 g/mol. The molecule has 1 unspecified atom stereocenters. The maximum atomic E-state index is 11.1. The van der Waals surface area contributed by atoms with Gasteiger partial charge >= 0.3 is 5.97 Å². The van der Waals surface area contributed by atoms with E-state index in [4.69, 9.17) is 9.52 Å². The molecule has 16 heavy (non-hydrogen) atoms. The van der Waals surface area contributed by atoms with Crippen molar-refractivity contribution in [1.82, 2.24) is 4.90 Å². The van der Waals surface area contributed by atoms with E-state index in [0.717, 1.165) is 17.9 Å². The summed E-state index contributed by atoms with van der Waals surface area (Å²) in [6.45, 7) is 5.95. The third-order valence-electron chi connectivity index (χ3n) is 3.40. The van der Waals surface area contributed by atoms with Crippen LogP contribution in [0.2, 0.25) is 0 Å². The van der Waals surface area contributed by atoms with Gasteiger partial charge in [0, 0.05) is 6.54 Å². The van der Waals surface area contributed by atoms with Gasteiger partial charge in [-0.2, -0.15) is 0 Å². The minimum Gasteiger partial charge on any atom is -0.481 e. The molecule has 1 aliphatic rings. The van der Waals surface area contributed by atoms with E-state index in [1.165, 1.54) is 0 Å². The fourth-order valence-corrected chi connectivity index (χ4v) is 2.14. The van der Waals surface area contributed by atoms with Crippen LogP contribution in [0.4, 0.5) is 0 Å². The molecule has 1 aromatic heterocycles. The summed E-state index contributed by atoms with van der Waals surface area (Å²) in [6.07, 6.45) is 2.39. The number of carbonyl (C=O) groups is 1. The van der Waals surface area contributed by atoms with Crippen LogP contribution in [0.1, 0.15) is 24.7 Å². The molecule has 2 heterocycles. The van der Waals surface area contributed by atoms with Crippen LogP contribution in [0, 0.1) is 12.3 Å². The lowest BCUT2D eigenvalue weighted by Crippen LogP contribution is -2.31. The van der Waals surface area contributed by atoms with Gasteiger partial charge in [-0.25, -0.2) is 0 Å². The van der Waals surface area contributed by atoms with Crippen molar-refractivity contribution in [2.45, 2.75) is 26.8 Å². The lowest BCUT2D eigenvalue weighted by atomic mass is 9.90. The monoisotopic (exact) mass is 223 g/mol. The lowest BCUT2D eigenvalue weighted by molar-refractivity contribution is -0.147. The first-order valence-corrected chi connectivity index (χ1v) is 5.50. The summed E-state index contributed by atoms with van der Waals surface area (Å²) in [5.74, 6) is 0.237. The highest BCUT2D eigenvalue weighted by Gasteiger charge is 2.40. The van der Waals surface area contributed by atoms with Crippen molar-refractivity contribution >= 4 is 5.97 Å². The van der Waals surface area contributed by atoms with E-state index in [1.54, 1.807) is 6.26 Å². The number of rotatable bonds is 3. The Hall–Kier alpha value is -1.29. The molecule has 1 aliphatic heterocycles. The maximum absolute atomic E-state index is 11.1. The van der Waals surface area contributed by atoms with E-state index in [0.29, 0.717) is 19.5 Å². The Kier molecular flexibility index (Phi) is 2.76. The minimum atomic E-state index is -0.703. The van der Waals surface area contributed by atoms with E-state index in [1.807, 2.05) is 19.9 Å². The van der Waals surface area contributed by atoms with Crippen LogP contribution in [-0.4, -0.2) is 29.1 Å².